The van der Waals surface area contributed by atoms with Crippen LogP contribution in [-0.2, 0) is 0 Å². The molecule has 0 aliphatic carbocycles. The minimum Gasteiger partial charge on any atom is -0.494 e. The molecule has 2 aromatic heterocycles. The summed E-state index contributed by atoms with van der Waals surface area (Å²) in [5.74, 6) is 0.963. The predicted octanol–water partition coefficient (Wildman–Crippen LogP) is 5.56. The summed E-state index contributed by atoms with van der Waals surface area (Å²) in [4.78, 5) is 4.19. The van der Waals surface area contributed by atoms with Gasteiger partial charge in [0.15, 0.2) is 0 Å². The maximum absolute atomic E-state index is 5.76. The summed E-state index contributed by atoms with van der Waals surface area (Å²) < 4.78 is 7.03. The number of halogens is 1. The van der Waals surface area contributed by atoms with Crippen LogP contribution in [0, 0.1) is 0 Å². The normalized spacial score (nSPS) is 10.3. The second-order valence-electron chi connectivity index (χ2n) is 4.75. The highest BCUT2D eigenvalue weighted by Gasteiger charge is 2.07. The molecule has 0 spiro atoms. The van der Waals surface area contributed by atoms with E-state index >= 15 is 0 Å². The number of rotatable bonds is 5. The quantitative estimate of drug-likeness (QED) is 0.574. The van der Waals surface area contributed by atoms with Crippen LogP contribution in [0.4, 0.5) is 0 Å². The third-order valence-electron chi connectivity index (χ3n) is 3.29. The first-order chi connectivity index (χ1) is 9.88. The lowest BCUT2D eigenvalue weighted by Crippen LogP contribution is -1.95. The molecule has 0 aliphatic rings. The van der Waals surface area contributed by atoms with Crippen molar-refractivity contribution in [2.45, 2.75) is 19.8 Å². The Morgan fingerprint density at radius 3 is 2.90 bits per heavy atom. The van der Waals surface area contributed by atoms with Gasteiger partial charge in [-0.15, -0.1) is 23.7 Å². The Labute approximate surface area is 135 Å². The molecular formula is C17H18ClNOS. The van der Waals surface area contributed by atoms with Gasteiger partial charge < -0.3 is 4.74 Å². The molecule has 0 bridgehead atoms. The van der Waals surface area contributed by atoms with E-state index in [-0.39, 0.29) is 12.4 Å². The SMILES string of the molecule is CCCCOc1ccc2c(-c3cccnc3)csc2c1.Cl. The summed E-state index contributed by atoms with van der Waals surface area (Å²) in [7, 11) is 0. The Kier molecular flexibility index (Phi) is 5.59. The molecule has 2 heterocycles. The van der Waals surface area contributed by atoms with E-state index < -0.39 is 0 Å². The van der Waals surface area contributed by atoms with Gasteiger partial charge in [-0.1, -0.05) is 19.4 Å². The standard InChI is InChI=1S/C17H17NOS.ClH/c1-2-3-9-19-14-6-7-15-16(12-20-17(15)10-14)13-5-4-8-18-11-13;/h4-8,10-12H,2-3,9H2,1H3;1H. The van der Waals surface area contributed by atoms with Gasteiger partial charge in [-0.2, -0.15) is 0 Å². The van der Waals surface area contributed by atoms with Crippen molar-refractivity contribution < 1.29 is 4.74 Å². The Hall–Kier alpha value is -1.58. The highest BCUT2D eigenvalue weighted by molar-refractivity contribution is 7.17. The fourth-order valence-corrected chi connectivity index (χ4v) is 3.18. The number of pyridine rings is 1. The van der Waals surface area contributed by atoms with Crippen LogP contribution in [0.15, 0.2) is 48.1 Å². The van der Waals surface area contributed by atoms with Gasteiger partial charge in [-0.3, -0.25) is 4.98 Å². The summed E-state index contributed by atoms with van der Waals surface area (Å²) >= 11 is 1.75. The van der Waals surface area contributed by atoms with E-state index in [1.807, 2.05) is 12.3 Å². The van der Waals surface area contributed by atoms with Gasteiger partial charge in [0.25, 0.3) is 0 Å². The van der Waals surface area contributed by atoms with Crippen LogP contribution >= 0.6 is 23.7 Å². The van der Waals surface area contributed by atoms with Crippen LogP contribution in [0.1, 0.15) is 19.8 Å². The minimum atomic E-state index is 0. The van der Waals surface area contributed by atoms with Gasteiger partial charge in [-0.25, -0.2) is 0 Å². The first-order valence-electron chi connectivity index (χ1n) is 6.93. The topological polar surface area (TPSA) is 22.1 Å². The molecule has 3 aromatic rings. The summed E-state index contributed by atoms with van der Waals surface area (Å²) in [6.45, 7) is 2.97. The zero-order valence-corrected chi connectivity index (χ0v) is 13.5. The maximum Gasteiger partial charge on any atom is 0.120 e. The van der Waals surface area contributed by atoms with Crippen LogP contribution in [0.3, 0.4) is 0 Å². The monoisotopic (exact) mass is 319 g/mol. The zero-order valence-electron chi connectivity index (χ0n) is 11.9. The van der Waals surface area contributed by atoms with Crippen molar-refractivity contribution in [1.29, 1.82) is 0 Å². The third-order valence-corrected chi connectivity index (χ3v) is 4.23. The fraction of sp³-hybridized carbons (Fsp3) is 0.235. The van der Waals surface area contributed by atoms with Crippen LogP contribution in [0.5, 0.6) is 5.75 Å². The van der Waals surface area contributed by atoms with Gasteiger partial charge in [0, 0.05) is 33.6 Å². The lowest BCUT2D eigenvalue weighted by molar-refractivity contribution is 0.310. The van der Waals surface area contributed by atoms with Crippen molar-refractivity contribution in [3.63, 3.8) is 0 Å². The number of hydrogen-bond donors (Lipinski definition) is 0. The van der Waals surface area contributed by atoms with E-state index in [9.17, 15) is 0 Å². The predicted molar refractivity (Wildman–Crippen MR) is 92.7 cm³/mol. The fourth-order valence-electron chi connectivity index (χ4n) is 2.18. The van der Waals surface area contributed by atoms with Crippen molar-refractivity contribution in [1.82, 2.24) is 4.98 Å². The number of aromatic nitrogens is 1. The molecule has 0 saturated heterocycles. The Bertz CT molecular complexity index is 696. The molecule has 0 atom stereocenters. The molecule has 0 saturated carbocycles. The van der Waals surface area contributed by atoms with Gasteiger partial charge in [-0.05, 0) is 36.1 Å². The summed E-state index contributed by atoms with van der Waals surface area (Å²) in [6, 6.07) is 10.4. The van der Waals surface area contributed by atoms with Crippen molar-refractivity contribution in [3.05, 3.63) is 48.1 Å². The molecule has 4 heteroatoms. The van der Waals surface area contributed by atoms with Gasteiger partial charge >= 0.3 is 0 Å². The molecule has 110 valence electrons. The first-order valence-corrected chi connectivity index (χ1v) is 7.81. The van der Waals surface area contributed by atoms with Crippen molar-refractivity contribution in [2.75, 3.05) is 6.61 Å². The van der Waals surface area contributed by atoms with E-state index in [0.717, 1.165) is 25.2 Å². The number of fused-ring (bicyclic) bond motifs is 1. The van der Waals surface area contributed by atoms with Crippen LogP contribution in [0.2, 0.25) is 0 Å². The molecule has 0 radical (unpaired) electrons. The molecule has 2 nitrogen and oxygen atoms in total. The maximum atomic E-state index is 5.76. The second-order valence-corrected chi connectivity index (χ2v) is 5.66. The van der Waals surface area contributed by atoms with E-state index in [4.69, 9.17) is 4.74 Å². The molecule has 0 fully saturated rings. The first kappa shape index (κ1) is 15.8. The molecule has 0 unspecified atom stereocenters. The number of hydrogen-bond acceptors (Lipinski definition) is 3. The molecule has 0 amide bonds. The Balaban J connectivity index is 0.00000161. The Morgan fingerprint density at radius 1 is 1.24 bits per heavy atom. The van der Waals surface area contributed by atoms with Crippen molar-refractivity contribution >= 4 is 33.8 Å². The molecule has 21 heavy (non-hydrogen) atoms. The largest absolute Gasteiger partial charge is 0.494 e. The van der Waals surface area contributed by atoms with Gasteiger partial charge in [0.05, 0.1) is 6.61 Å². The number of thiophene rings is 1. The highest BCUT2D eigenvalue weighted by atomic mass is 35.5. The zero-order chi connectivity index (χ0) is 13.8. The molecule has 1 aromatic carbocycles. The Morgan fingerprint density at radius 2 is 2.14 bits per heavy atom. The average Bonchev–Trinajstić information content (AvgIpc) is 2.91. The van der Waals surface area contributed by atoms with E-state index in [2.05, 4.69) is 41.6 Å². The summed E-state index contributed by atoms with van der Waals surface area (Å²) in [5.41, 5.74) is 2.41. The lowest BCUT2D eigenvalue weighted by Gasteiger charge is -2.05. The molecule has 0 aliphatic heterocycles. The lowest BCUT2D eigenvalue weighted by atomic mass is 10.1. The van der Waals surface area contributed by atoms with E-state index in [0.29, 0.717) is 0 Å². The highest BCUT2D eigenvalue weighted by Crippen LogP contribution is 2.35. The second kappa shape index (κ2) is 7.43. The van der Waals surface area contributed by atoms with Gasteiger partial charge in [0.1, 0.15) is 5.75 Å². The smallest absolute Gasteiger partial charge is 0.120 e. The summed E-state index contributed by atoms with van der Waals surface area (Å²) in [6.07, 6.45) is 5.97. The van der Waals surface area contributed by atoms with Crippen LogP contribution in [-0.4, -0.2) is 11.6 Å². The summed E-state index contributed by atoms with van der Waals surface area (Å²) in [5, 5.41) is 3.46. The van der Waals surface area contributed by atoms with Crippen LogP contribution in [0.25, 0.3) is 21.2 Å². The number of unbranched alkanes of at least 4 members (excludes halogenated alkanes) is 1. The molecule has 0 N–H and O–H groups in total. The van der Waals surface area contributed by atoms with Gasteiger partial charge in [0.2, 0.25) is 0 Å². The number of ether oxygens (including phenoxy) is 1. The van der Waals surface area contributed by atoms with Crippen molar-refractivity contribution in [3.8, 4) is 16.9 Å². The van der Waals surface area contributed by atoms with E-state index in [1.54, 1.807) is 17.5 Å². The molecule has 3 rings (SSSR count). The van der Waals surface area contributed by atoms with Crippen molar-refractivity contribution in [2.24, 2.45) is 0 Å². The third kappa shape index (κ3) is 3.55. The number of benzene rings is 1. The van der Waals surface area contributed by atoms with Crippen LogP contribution < -0.4 is 4.74 Å². The minimum absolute atomic E-state index is 0. The van der Waals surface area contributed by atoms with E-state index in [1.165, 1.54) is 21.2 Å². The average molecular weight is 320 g/mol. The molecular weight excluding hydrogens is 302 g/mol. The number of nitrogens with zero attached hydrogens (tertiary/aromatic N) is 1.